The maximum atomic E-state index is 16.4. The number of benzene rings is 7. The van der Waals surface area contributed by atoms with Gasteiger partial charge in [-0.25, -0.2) is 46.1 Å². The summed E-state index contributed by atoms with van der Waals surface area (Å²) < 4.78 is 187. The molecule has 1 N–H and O–H groups in total. The Balaban J connectivity index is 0.000000873. The number of imidazole rings is 3. The average Bonchev–Trinajstić information content (AvgIpc) is 4.05. The lowest BCUT2D eigenvalue weighted by molar-refractivity contribution is 0.483. The summed E-state index contributed by atoms with van der Waals surface area (Å²) in [6, 6.07) is 28.3. The molecule has 0 radical (unpaired) electrons. The molecule has 0 fully saturated rings. The fourth-order valence-corrected chi connectivity index (χ4v) is 8.61. The molecule has 0 saturated carbocycles. The Bertz CT molecular complexity index is 4340. The Morgan fingerprint density at radius 3 is 1.04 bits per heavy atom. The van der Waals surface area contributed by atoms with Gasteiger partial charge in [-0.15, -0.1) is 25.3 Å². The van der Waals surface area contributed by atoms with E-state index in [1.54, 1.807) is 72.8 Å². The van der Waals surface area contributed by atoms with E-state index in [2.05, 4.69) is 4.85 Å². The van der Waals surface area contributed by atoms with Crippen LogP contribution in [0.2, 0.25) is 0 Å². The van der Waals surface area contributed by atoms with Crippen molar-refractivity contribution in [3.63, 3.8) is 0 Å². The van der Waals surface area contributed by atoms with Gasteiger partial charge in [-0.05, 0) is 84.9 Å². The molecule has 0 aliphatic heterocycles. The van der Waals surface area contributed by atoms with Gasteiger partial charge in [0, 0.05) is 17.1 Å². The van der Waals surface area contributed by atoms with Crippen LogP contribution >= 0.6 is 0 Å². The zero-order valence-corrected chi connectivity index (χ0v) is 39.2. The van der Waals surface area contributed by atoms with Crippen molar-refractivity contribution in [1.82, 2.24) is 28.7 Å². The standard InChI is InChI=1S/C48H21F6N9O3S.2O3S/c1-57-26-20-35(53)39(36(54)21-26)48-60-40-43-41(58-46(61(43)27-8-4-2-5-9-27)37-31(49)16-24(22-55)17-32(37)50)45-42(44(40)62(48)28-10-6-3-7-11-28)59-47(38-33(51)18-25(23-56)19-34(38)52)63(45)29-12-14-30(15-13-29)67(64,65)66;2*1-4(2)3/h2-21H,(H,64,65,66);;. The minimum atomic E-state index is -4.80. The third-order valence-electron chi connectivity index (χ3n) is 10.9. The molecule has 18 nitrogen and oxygen atoms in total. The van der Waals surface area contributed by atoms with Crippen LogP contribution < -0.4 is 0 Å². The van der Waals surface area contributed by atoms with Crippen LogP contribution in [0.15, 0.2) is 126 Å². The quantitative estimate of drug-likeness (QED) is 0.0887. The van der Waals surface area contributed by atoms with Crippen LogP contribution in [0, 0.1) is 64.1 Å². The number of halogens is 6. The summed E-state index contributed by atoms with van der Waals surface area (Å²) in [7, 11) is -11.0. The molecule has 0 amide bonds. The molecule has 10 aromatic rings. The number of para-hydroxylation sites is 2. The van der Waals surface area contributed by atoms with Crippen LogP contribution in [-0.4, -0.2) is 66.9 Å². The maximum absolute atomic E-state index is 16.4. The molecule has 0 atom stereocenters. The van der Waals surface area contributed by atoms with E-state index in [4.69, 9.17) is 46.8 Å². The molecule has 3 aromatic heterocycles. The van der Waals surface area contributed by atoms with Gasteiger partial charge in [0.05, 0.1) is 51.4 Å². The van der Waals surface area contributed by atoms with E-state index in [0.717, 1.165) is 53.1 Å². The van der Waals surface area contributed by atoms with Gasteiger partial charge in [0.25, 0.3) is 10.1 Å². The predicted molar refractivity (Wildman–Crippen MR) is 251 cm³/mol. The summed E-state index contributed by atoms with van der Waals surface area (Å²) in [4.78, 5) is 17.1. The van der Waals surface area contributed by atoms with Gasteiger partial charge in [-0.2, -0.15) is 18.9 Å². The van der Waals surface area contributed by atoms with Crippen molar-refractivity contribution in [2.45, 2.75) is 4.90 Å². The molecule has 0 saturated heterocycles. The normalized spacial score (nSPS) is 11.0. The summed E-state index contributed by atoms with van der Waals surface area (Å²) in [6.45, 7) is 7.42. The fraction of sp³-hybridized carbons (Fsp3) is 0. The first-order chi connectivity index (χ1) is 35.7. The second-order valence-corrected chi connectivity index (χ2v) is 17.4. The highest BCUT2D eigenvalue weighted by molar-refractivity contribution is 7.85. The lowest BCUT2D eigenvalue weighted by Crippen LogP contribution is -2.03. The van der Waals surface area contributed by atoms with Gasteiger partial charge < -0.3 is 0 Å². The van der Waals surface area contributed by atoms with Crippen LogP contribution in [0.1, 0.15) is 11.1 Å². The fourth-order valence-electron chi connectivity index (χ4n) is 8.13. The summed E-state index contributed by atoms with van der Waals surface area (Å²) in [5.74, 6) is -8.87. The molecule has 3 heterocycles. The molecule has 0 unspecified atom stereocenters. The Morgan fingerprint density at radius 2 is 0.773 bits per heavy atom. The van der Waals surface area contributed by atoms with E-state index in [1.807, 2.05) is 0 Å². The van der Waals surface area contributed by atoms with E-state index < -0.39 is 111 Å². The van der Waals surface area contributed by atoms with Gasteiger partial charge in [0.15, 0.2) is 23.2 Å². The number of fused-ring (bicyclic) bond motifs is 6. The molecular weight excluding hydrogens is 1060 g/mol. The van der Waals surface area contributed by atoms with Crippen molar-refractivity contribution in [3.8, 4) is 63.4 Å². The van der Waals surface area contributed by atoms with Crippen molar-refractivity contribution < 1.29 is 64.6 Å². The van der Waals surface area contributed by atoms with Gasteiger partial charge >= 0.3 is 21.2 Å². The van der Waals surface area contributed by atoms with Crippen molar-refractivity contribution >= 4 is 70.1 Å². The molecule has 0 spiro atoms. The molecule has 372 valence electrons. The molecule has 7 aromatic carbocycles. The topological polar surface area (TPSA) is 262 Å². The first kappa shape index (κ1) is 51.5. The molecule has 0 aliphatic carbocycles. The molecule has 75 heavy (non-hydrogen) atoms. The summed E-state index contributed by atoms with van der Waals surface area (Å²) in [5, 5.41) is 19.2. The van der Waals surface area contributed by atoms with Crippen molar-refractivity contribution in [3.05, 3.63) is 179 Å². The lowest BCUT2D eigenvalue weighted by Gasteiger charge is -2.13. The highest BCUT2D eigenvalue weighted by Crippen LogP contribution is 2.46. The number of aromatic nitrogens is 6. The van der Waals surface area contributed by atoms with E-state index in [9.17, 15) is 23.5 Å². The highest BCUT2D eigenvalue weighted by Gasteiger charge is 2.34. The van der Waals surface area contributed by atoms with E-state index in [-0.39, 0.29) is 61.4 Å². The highest BCUT2D eigenvalue weighted by atomic mass is 32.2. The van der Waals surface area contributed by atoms with Crippen molar-refractivity contribution in [2.75, 3.05) is 0 Å². The minimum absolute atomic E-state index is 0.0712. The maximum Gasteiger partial charge on any atom is 0.425 e. The number of rotatable bonds is 7. The lowest BCUT2D eigenvalue weighted by atomic mass is 10.1. The molecule has 27 heteroatoms. The van der Waals surface area contributed by atoms with Gasteiger partial charge in [0.1, 0.15) is 68.0 Å². The molecule has 10 rings (SSSR count). The van der Waals surface area contributed by atoms with Crippen LogP contribution in [0.5, 0.6) is 0 Å². The third-order valence-corrected chi connectivity index (χ3v) is 11.8. The van der Waals surface area contributed by atoms with E-state index >= 15 is 26.3 Å². The van der Waals surface area contributed by atoms with E-state index in [0.29, 0.717) is 0 Å². The van der Waals surface area contributed by atoms with Crippen molar-refractivity contribution in [1.29, 1.82) is 10.5 Å². The van der Waals surface area contributed by atoms with Crippen LogP contribution in [0.3, 0.4) is 0 Å². The van der Waals surface area contributed by atoms with Crippen LogP contribution in [-0.2, 0) is 31.3 Å². The van der Waals surface area contributed by atoms with Gasteiger partial charge in [-0.1, -0.05) is 36.4 Å². The number of hydrogen-bond donors (Lipinski definition) is 1. The monoisotopic (exact) mass is 1080 g/mol. The van der Waals surface area contributed by atoms with Crippen molar-refractivity contribution in [2.24, 2.45) is 0 Å². The second kappa shape index (κ2) is 20.3. The largest absolute Gasteiger partial charge is 0.425 e. The zero-order chi connectivity index (χ0) is 54.2. The Kier molecular flexibility index (Phi) is 14.0. The van der Waals surface area contributed by atoms with Crippen LogP contribution in [0.4, 0.5) is 32.0 Å². The average molecular weight is 1080 g/mol. The minimum Gasteiger partial charge on any atom is -0.290 e. The predicted octanol–water partition coefficient (Wildman–Crippen LogP) is 9.07. The molecule has 0 aliphatic rings. The smallest absolute Gasteiger partial charge is 0.290 e. The number of hydrogen-bond acceptors (Lipinski definition) is 13. The van der Waals surface area contributed by atoms with E-state index in [1.165, 1.54) is 21.3 Å². The SMILES string of the molecule is O=S(=O)=O.O=S(=O)=O.[C-]#[N+]c1cc(F)c(-c2nc3c4c(nc(-c5c(F)cc(C#N)cc5F)n4-c4ccccc4)c4c(nc(-c5c(F)cc(C#N)cc5F)n4-c4ccc(S(=O)(=O)O)cc4)c3n2-c2ccccc2)c(F)c1. The summed E-state index contributed by atoms with van der Waals surface area (Å²) in [6.07, 6.45) is 0. The van der Waals surface area contributed by atoms with Crippen LogP contribution in [0.25, 0.3) is 89.2 Å². The van der Waals surface area contributed by atoms with Gasteiger partial charge in [-0.3, -0.25) is 18.3 Å². The molecular formula is C48H21F6N9O9S3. The Morgan fingerprint density at radius 1 is 0.493 bits per heavy atom. The summed E-state index contributed by atoms with van der Waals surface area (Å²) in [5.41, 5.74) is -4.14. The number of nitrogens with zero attached hydrogens (tertiary/aromatic N) is 9. The zero-order valence-electron chi connectivity index (χ0n) is 36.8. The number of nitriles is 2. The summed E-state index contributed by atoms with van der Waals surface area (Å²) >= 11 is 0. The second-order valence-electron chi connectivity index (χ2n) is 15.2. The first-order valence-corrected chi connectivity index (χ1v) is 23.9. The Hall–Kier alpha value is -9.85. The van der Waals surface area contributed by atoms with Gasteiger partial charge in [0.2, 0.25) is 0 Å². The Labute approximate surface area is 419 Å². The third kappa shape index (κ3) is 9.66. The first-order valence-electron chi connectivity index (χ1n) is 20.5. The molecule has 0 bridgehead atoms.